The van der Waals surface area contributed by atoms with Gasteiger partial charge in [-0.3, -0.25) is 0 Å². The van der Waals surface area contributed by atoms with Gasteiger partial charge in [-0.1, -0.05) is 33.8 Å². The zero-order valence-corrected chi connectivity index (χ0v) is 14.5. The highest BCUT2D eigenvalue weighted by atomic mass is 32.2. The molecule has 0 aliphatic heterocycles. The van der Waals surface area contributed by atoms with Gasteiger partial charge in [-0.25, -0.2) is 13.1 Å². The predicted molar refractivity (Wildman–Crippen MR) is 87.9 cm³/mol. The minimum absolute atomic E-state index is 0.0573. The van der Waals surface area contributed by atoms with Crippen molar-refractivity contribution in [2.45, 2.75) is 71.0 Å². The van der Waals surface area contributed by atoms with Crippen molar-refractivity contribution in [1.82, 2.24) is 10.0 Å². The molecule has 0 aromatic heterocycles. The molecule has 0 saturated carbocycles. The largest absolute Gasteiger partial charge is 0.310 e. The van der Waals surface area contributed by atoms with Crippen molar-refractivity contribution >= 4 is 10.0 Å². The van der Waals surface area contributed by atoms with Gasteiger partial charge in [0.15, 0.2) is 0 Å². The van der Waals surface area contributed by atoms with Gasteiger partial charge in [0.2, 0.25) is 10.0 Å². The molecule has 0 aliphatic rings. The van der Waals surface area contributed by atoms with Crippen LogP contribution in [-0.4, -0.2) is 20.5 Å². The molecule has 120 valence electrons. The van der Waals surface area contributed by atoms with Gasteiger partial charge in [0.25, 0.3) is 0 Å². The molecule has 4 nitrogen and oxygen atoms in total. The van der Waals surface area contributed by atoms with Crippen molar-refractivity contribution in [3.63, 3.8) is 0 Å². The van der Waals surface area contributed by atoms with Gasteiger partial charge in [-0.2, -0.15) is 0 Å². The molecular formula is C16H28N2O2S. The summed E-state index contributed by atoms with van der Waals surface area (Å²) in [4.78, 5) is 0.348. The Bertz CT molecular complexity index is 553. The van der Waals surface area contributed by atoms with E-state index < -0.39 is 10.0 Å². The van der Waals surface area contributed by atoms with Gasteiger partial charge in [0, 0.05) is 18.6 Å². The van der Waals surface area contributed by atoms with Gasteiger partial charge in [-0.15, -0.1) is 0 Å². The minimum atomic E-state index is -3.44. The highest BCUT2D eigenvalue weighted by Crippen LogP contribution is 2.17. The van der Waals surface area contributed by atoms with E-state index in [2.05, 4.69) is 30.8 Å². The van der Waals surface area contributed by atoms with Crippen LogP contribution in [0, 0.1) is 0 Å². The second kappa shape index (κ2) is 7.92. The second-order valence-electron chi connectivity index (χ2n) is 5.75. The maximum Gasteiger partial charge on any atom is 0.240 e. The number of hydrogen-bond acceptors (Lipinski definition) is 3. The minimum Gasteiger partial charge on any atom is -0.310 e. The molecule has 0 heterocycles. The summed E-state index contributed by atoms with van der Waals surface area (Å²) in [5.41, 5.74) is 2.24. The molecule has 0 amide bonds. The average molecular weight is 312 g/mol. The maximum absolute atomic E-state index is 12.4. The van der Waals surface area contributed by atoms with Crippen LogP contribution in [0.25, 0.3) is 0 Å². The lowest BCUT2D eigenvalue weighted by molar-refractivity contribution is 0.555. The summed E-state index contributed by atoms with van der Waals surface area (Å²) >= 11 is 0. The van der Waals surface area contributed by atoms with Gasteiger partial charge < -0.3 is 5.32 Å². The molecule has 0 radical (unpaired) electrons. The Hall–Kier alpha value is -0.910. The molecule has 2 N–H and O–H groups in total. The quantitative estimate of drug-likeness (QED) is 0.776. The maximum atomic E-state index is 12.4. The van der Waals surface area contributed by atoms with Gasteiger partial charge >= 0.3 is 0 Å². The Balaban J connectivity index is 3.06. The van der Waals surface area contributed by atoms with Crippen molar-refractivity contribution in [3.8, 4) is 0 Å². The topological polar surface area (TPSA) is 58.2 Å². The predicted octanol–water partition coefficient (Wildman–Crippen LogP) is 2.82. The van der Waals surface area contributed by atoms with Crippen LogP contribution >= 0.6 is 0 Å². The average Bonchev–Trinajstić information content (AvgIpc) is 2.44. The van der Waals surface area contributed by atoms with Crippen LogP contribution in [0.2, 0.25) is 0 Å². The lowest BCUT2D eigenvalue weighted by Gasteiger charge is -2.16. The van der Waals surface area contributed by atoms with Crippen molar-refractivity contribution in [3.05, 3.63) is 29.3 Å². The fourth-order valence-corrected chi connectivity index (χ4v) is 3.39. The van der Waals surface area contributed by atoms with Gasteiger partial charge in [0.05, 0.1) is 4.90 Å². The Kier molecular flexibility index (Phi) is 6.84. The lowest BCUT2D eigenvalue weighted by Crippen LogP contribution is -2.32. The molecule has 1 atom stereocenters. The van der Waals surface area contributed by atoms with Crippen LogP contribution < -0.4 is 10.0 Å². The summed E-state index contributed by atoms with van der Waals surface area (Å²) in [5, 5.41) is 3.35. The molecule has 21 heavy (non-hydrogen) atoms. The van der Waals surface area contributed by atoms with E-state index in [0.717, 1.165) is 18.4 Å². The third kappa shape index (κ3) is 5.41. The Labute approximate surface area is 129 Å². The molecule has 1 rings (SSSR count). The summed E-state index contributed by atoms with van der Waals surface area (Å²) in [6.07, 6.45) is 1.67. The van der Waals surface area contributed by atoms with Crippen LogP contribution in [0.1, 0.15) is 52.2 Å². The third-order valence-corrected chi connectivity index (χ3v) is 5.13. The zero-order valence-electron chi connectivity index (χ0n) is 13.7. The van der Waals surface area contributed by atoms with Crippen molar-refractivity contribution in [2.24, 2.45) is 0 Å². The van der Waals surface area contributed by atoms with E-state index in [-0.39, 0.29) is 6.04 Å². The van der Waals surface area contributed by atoms with E-state index >= 15 is 0 Å². The molecule has 0 spiro atoms. The standard InChI is InChI=1S/C16H28N2O2S/c1-6-13(5)18-21(19,20)16-9-8-14(7-2)15(10-16)11-17-12(3)4/h8-10,12-13,17-18H,6-7,11H2,1-5H3. The molecule has 0 bridgehead atoms. The summed E-state index contributed by atoms with van der Waals surface area (Å²) < 4.78 is 27.4. The molecule has 0 saturated heterocycles. The highest BCUT2D eigenvalue weighted by Gasteiger charge is 2.17. The monoisotopic (exact) mass is 312 g/mol. The van der Waals surface area contributed by atoms with Crippen LogP contribution in [0.3, 0.4) is 0 Å². The van der Waals surface area contributed by atoms with E-state index in [1.54, 1.807) is 12.1 Å². The number of hydrogen-bond donors (Lipinski definition) is 2. The van der Waals surface area contributed by atoms with Crippen LogP contribution in [0.15, 0.2) is 23.1 Å². The Morgan fingerprint density at radius 1 is 1.10 bits per heavy atom. The van der Waals surface area contributed by atoms with E-state index in [0.29, 0.717) is 17.5 Å². The van der Waals surface area contributed by atoms with Crippen molar-refractivity contribution in [2.75, 3.05) is 0 Å². The van der Waals surface area contributed by atoms with E-state index in [9.17, 15) is 8.42 Å². The zero-order chi connectivity index (χ0) is 16.0. The second-order valence-corrected chi connectivity index (χ2v) is 7.46. The summed E-state index contributed by atoms with van der Waals surface area (Å²) in [5.74, 6) is 0. The van der Waals surface area contributed by atoms with E-state index in [1.807, 2.05) is 19.9 Å². The number of rotatable bonds is 8. The first-order valence-corrected chi connectivity index (χ1v) is 9.16. The highest BCUT2D eigenvalue weighted by molar-refractivity contribution is 7.89. The molecule has 0 aliphatic carbocycles. The smallest absolute Gasteiger partial charge is 0.240 e. The fourth-order valence-electron chi connectivity index (χ4n) is 2.01. The number of nitrogens with one attached hydrogen (secondary N) is 2. The van der Waals surface area contributed by atoms with E-state index in [1.165, 1.54) is 5.56 Å². The molecule has 1 unspecified atom stereocenters. The number of aryl methyl sites for hydroxylation is 1. The van der Waals surface area contributed by atoms with Gasteiger partial charge in [-0.05, 0) is 43.0 Å². The first-order valence-electron chi connectivity index (χ1n) is 7.67. The first-order chi connectivity index (χ1) is 9.80. The van der Waals surface area contributed by atoms with Crippen LogP contribution in [-0.2, 0) is 23.0 Å². The SMILES string of the molecule is CCc1ccc(S(=O)(=O)NC(C)CC)cc1CNC(C)C. The van der Waals surface area contributed by atoms with E-state index in [4.69, 9.17) is 0 Å². The van der Waals surface area contributed by atoms with Gasteiger partial charge in [0.1, 0.15) is 0 Å². The number of sulfonamides is 1. The molecule has 1 aromatic rings. The summed E-state index contributed by atoms with van der Waals surface area (Å²) in [6, 6.07) is 5.72. The van der Waals surface area contributed by atoms with Crippen molar-refractivity contribution in [1.29, 1.82) is 0 Å². The van der Waals surface area contributed by atoms with Crippen LogP contribution in [0.4, 0.5) is 0 Å². The molecule has 1 aromatic carbocycles. The summed E-state index contributed by atoms with van der Waals surface area (Å²) in [7, 11) is -3.44. The lowest BCUT2D eigenvalue weighted by atomic mass is 10.1. The molecule has 5 heteroatoms. The number of benzene rings is 1. The fraction of sp³-hybridized carbons (Fsp3) is 0.625. The Morgan fingerprint density at radius 2 is 1.76 bits per heavy atom. The molecular weight excluding hydrogens is 284 g/mol. The normalized spacial score (nSPS) is 13.6. The van der Waals surface area contributed by atoms with Crippen LogP contribution in [0.5, 0.6) is 0 Å². The first kappa shape index (κ1) is 18.1. The molecule has 0 fully saturated rings. The summed E-state index contributed by atoms with van der Waals surface area (Å²) in [6.45, 7) is 10.8. The van der Waals surface area contributed by atoms with Crippen molar-refractivity contribution < 1.29 is 8.42 Å². The third-order valence-electron chi connectivity index (χ3n) is 3.54. The Morgan fingerprint density at radius 3 is 2.29 bits per heavy atom.